The Morgan fingerprint density at radius 1 is 1.40 bits per heavy atom. The van der Waals surface area contributed by atoms with Gasteiger partial charge in [0, 0.05) is 12.6 Å². The Balaban J connectivity index is 2.12. The topological polar surface area (TPSA) is 53.0 Å². The van der Waals surface area contributed by atoms with Gasteiger partial charge in [0.05, 0.1) is 11.6 Å². The van der Waals surface area contributed by atoms with Gasteiger partial charge >= 0.3 is 0 Å². The van der Waals surface area contributed by atoms with Gasteiger partial charge in [-0.2, -0.15) is 5.26 Å². The summed E-state index contributed by atoms with van der Waals surface area (Å²) in [5.74, 6) is 0.647. The lowest BCUT2D eigenvalue weighted by Crippen LogP contribution is -2.39. The molecule has 0 aromatic heterocycles. The molecule has 108 valence electrons. The minimum atomic E-state index is 0.625. The molecule has 1 aliphatic carbocycles. The predicted molar refractivity (Wildman–Crippen MR) is 82.2 cm³/mol. The molecule has 1 fully saturated rings. The first-order chi connectivity index (χ1) is 9.69. The molecule has 1 aromatic carbocycles. The molecule has 2 rings (SSSR count). The number of hydrogen-bond acceptors (Lipinski definition) is 3. The van der Waals surface area contributed by atoms with Gasteiger partial charge in [-0.3, -0.25) is 4.90 Å². The molecule has 0 bridgehead atoms. The van der Waals surface area contributed by atoms with E-state index in [0.29, 0.717) is 12.0 Å². The number of nitrogens with zero attached hydrogens (tertiary/aromatic N) is 2. The molecule has 0 saturated heterocycles. The molecule has 1 aromatic rings. The molecule has 3 heteroatoms. The average molecular weight is 271 g/mol. The second kappa shape index (κ2) is 6.88. The van der Waals surface area contributed by atoms with E-state index >= 15 is 0 Å². The third kappa shape index (κ3) is 3.20. The molecule has 0 aliphatic heterocycles. The van der Waals surface area contributed by atoms with Gasteiger partial charge in [-0.05, 0) is 62.0 Å². The van der Waals surface area contributed by atoms with Crippen molar-refractivity contribution in [1.29, 1.82) is 5.26 Å². The summed E-state index contributed by atoms with van der Waals surface area (Å²) in [5, 5.41) is 8.95. The molecule has 0 amide bonds. The monoisotopic (exact) mass is 271 g/mol. The predicted octanol–water partition coefficient (Wildman–Crippen LogP) is 2.82. The fourth-order valence-electron chi connectivity index (χ4n) is 3.40. The van der Waals surface area contributed by atoms with Crippen LogP contribution < -0.4 is 5.73 Å². The van der Waals surface area contributed by atoms with E-state index in [0.717, 1.165) is 25.2 Å². The van der Waals surface area contributed by atoms with Crippen LogP contribution >= 0.6 is 0 Å². The van der Waals surface area contributed by atoms with Crippen LogP contribution in [0.3, 0.4) is 0 Å². The molecule has 0 spiro atoms. The van der Waals surface area contributed by atoms with E-state index in [1.165, 1.54) is 30.4 Å². The molecular formula is C17H25N3. The van der Waals surface area contributed by atoms with Gasteiger partial charge in [0.25, 0.3) is 0 Å². The number of nitrogens with two attached hydrogens (primary N) is 1. The van der Waals surface area contributed by atoms with Gasteiger partial charge in [0.2, 0.25) is 0 Å². The maximum absolute atomic E-state index is 8.95. The van der Waals surface area contributed by atoms with Crippen molar-refractivity contribution in [2.45, 2.75) is 45.7 Å². The normalized spacial score (nSPS) is 22.1. The van der Waals surface area contributed by atoms with Crippen LogP contribution in [0.4, 0.5) is 0 Å². The highest BCUT2D eigenvalue weighted by atomic mass is 15.2. The summed E-state index contributed by atoms with van der Waals surface area (Å²) >= 11 is 0. The van der Waals surface area contributed by atoms with Gasteiger partial charge in [0.15, 0.2) is 0 Å². The van der Waals surface area contributed by atoms with E-state index in [1.807, 2.05) is 12.1 Å². The maximum atomic E-state index is 8.95. The maximum Gasteiger partial charge on any atom is 0.0991 e. The Bertz CT molecular complexity index is 489. The molecule has 0 radical (unpaired) electrons. The molecule has 3 nitrogen and oxygen atoms in total. The lowest BCUT2D eigenvalue weighted by Gasteiger charge is -2.32. The summed E-state index contributed by atoms with van der Waals surface area (Å²) in [6.45, 7) is 7.15. The van der Waals surface area contributed by atoms with Crippen LogP contribution in [0, 0.1) is 24.2 Å². The van der Waals surface area contributed by atoms with Gasteiger partial charge in [0.1, 0.15) is 0 Å². The molecule has 1 aliphatic rings. The number of rotatable bonds is 5. The summed E-state index contributed by atoms with van der Waals surface area (Å²) in [6, 6.07) is 8.83. The summed E-state index contributed by atoms with van der Waals surface area (Å²) in [6.07, 6.45) is 3.84. The second-order valence-electron chi connectivity index (χ2n) is 5.81. The van der Waals surface area contributed by atoms with Gasteiger partial charge in [-0.1, -0.05) is 19.4 Å². The van der Waals surface area contributed by atoms with E-state index in [9.17, 15) is 0 Å². The number of benzene rings is 1. The zero-order chi connectivity index (χ0) is 14.5. The SMILES string of the molecule is CCN(Cc1ccc(C#N)cc1C)C1CCCC1CN. The van der Waals surface area contributed by atoms with Crippen molar-refractivity contribution in [3.05, 3.63) is 34.9 Å². The fourth-order valence-corrected chi connectivity index (χ4v) is 3.40. The van der Waals surface area contributed by atoms with E-state index < -0.39 is 0 Å². The van der Waals surface area contributed by atoms with Crippen LogP contribution in [-0.2, 0) is 6.54 Å². The van der Waals surface area contributed by atoms with Gasteiger partial charge < -0.3 is 5.73 Å². The Morgan fingerprint density at radius 3 is 2.80 bits per heavy atom. The van der Waals surface area contributed by atoms with E-state index in [2.05, 4.69) is 30.9 Å². The Hall–Kier alpha value is -1.37. The first-order valence-electron chi connectivity index (χ1n) is 7.63. The van der Waals surface area contributed by atoms with Crippen LogP contribution in [0.5, 0.6) is 0 Å². The summed E-state index contributed by atoms with van der Waals surface area (Å²) in [7, 11) is 0. The fraction of sp³-hybridized carbons (Fsp3) is 0.588. The van der Waals surface area contributed by atoms with Crippen molar-refractivity contribution in [2.75, 3.05) is 13.1 Å². The van der Waals surface area contributed by atoms with Crippen LogP contribution in [0.1, 0.15) is 42.9 Å². The van der Waals surface area contributed by atoms with Gasteiger partial charge in [-0.15, -0.1) is 0 Å². The lowest BCUT2D eigenvalue weighted by atomic mass is 10.00. The number of nitriles is 1. The molecule has 2 N–H and O–H groups in total. The largest absolute Gasteiger partial charge is 0.330 e. The van der Waals surface area contributed by atoms with Crippen molar-refractivity contribution in [2.24, 2.45) is 11.7 Å². The van der Waals surface area contributed by atoms with Crippen LogP contribution in [0.25, 0.3) is 0 Å². The van der Waals surface area contributed by atoms with E-state index in [-0.39, 0.29) is 0 Å². The summed E-state index contributed by atoms with van der Waals surface area (Å²) in [4.78, 5) is 2.55. The van der Waals surface area contributed by atoms with Crippen LogP contribution in [0.2, 0.25) is 0 Å². The third-order valence-corrected chi connectivity index (χ3v) is 4.64. The van der Waals surface area contributed by atoms with Crippen molar-refractivity contribution in [1.82, 2.24) is 4.90 Å². The summed E-state index contributed by atoms with van der Waals surface area (Å²) < 4.78 is 0. The number of hydrogen-bond donors (Lipinski definition) is 1. The zero-order valence-corrected chi connectivity index (χ0v) is 12.6. The third-order valence-electron chi connectivity index (χ3n) is 4.64. The van der Waals surface area contributed by atoms with Gasteiger partial charge in [-0.25, -0.2) is 0 Å². The standard InChI is InChI=1S/C17H25N3/c1-3-20(17-6-4-5-15(17)11-19)12-16-8-7-14(10-18)9-13(16)2/h7-9,15,17H,3-6,11-12,19H2,1-2H3. The highest BCUT2D eigenvalue weighted by Gasteiger charge is 2.30. The van der Waals surface area contributed by atoms with Crippen LogP contribution in [-0.4, -0.2) is 24.0 Å². The quantitative estimate of drug-likeness (QED) is 0.896. The molecular weight excluding hydrogens is 246 g/mol. The molecule has 0 heterocycles. The zero-order valence-electron chi connectivity index (χ0n) is 12.6. The molecule has 1 saturated carbocycles. The minimum Gasteiger partial charge on any atom is -0.330 e. The van der Waals surface area contributed by atoms with Crippen molar-refractivity contribution < 1.29 is 0 Å². The Morgan fingerprint density at radius 2 is 2.20 bits per heavy atom. The molecule has 20 heavy (non-hydrogen) atoms. The van der Waals surface area contributed by atoms with Crippen molar-refractivity contribution in [3.8, 4) is 6.07 Å². The summed E-state index contributed by atoms with van der Waals surface area (Å²) in [5.41, 5.74) is 9.20. The van der Waals surface area contributed by atoms with E-state index in [1.54, 1.807) is 0 Å². The first-order valence-corrected chi connectivity index (χ1v) is 7.63. The lowest BCUT2D eigenvalue weighted by molar-refractivity contribution is 0.162. The second-order valence-corrected chi connectivity index (χ2v) is 5.81. The van der Waals surface area contributed by atoms with E-state index in [4.69, 9.17) is 11.0 Å². The highest BCUT2D eigenvalue weighted by molar-refractivity contribution is 5.37. The Kier molecular flexibility index (Phi) is 5.17. The van der Waals surface area contributed by atoms with Crippen molar-refractivity contribution >= 4 is 0 Å². The van der Waals surface area contributed by atoms with Crippen LogP contribution in [0.15, 0.2) is 18.2 Å². The molecule has 2 atom stereocenters. The first kappa shape index (κ1) is 15.0. The highest BCUT2D eigenvalue weighted by Crippen LogP contribution is 2.30. The molecule has 2 unspecified atom stereocenters. The minimum absolute atomic E-state index is 0.625. The average Bonchev–Trinajstić information content (AvgIpc) is 2.94. The number of aryl methyl sites for hydroxylation is 1. The Labute approximate surface area is 122 Å². The smallest absolute Gasteiger partial charge is 0.0991 e. The van der Waals surface area contributed by atoms with Crippen molar-refractivity contribution in [3.63, 3.8) is 0 Å².